The van der Waals surface area contributed by atoms with E-state index in [9.17, 15) is 4.79 Å². The van der Waals surface area contributed by atoms with Crippen LogP contribution in [-0.2, 0) is 6.54 Å². The predicted octanol–water partition coefficient (Wildman–Crippen LogP) is 2.64. The lowest BCUT2D eigenvalue weighted by molar-refractivity contribution is 0.0730. The third kappa shape index (κ3) is 3.88. The number of carbonyl (C=O) groups excluding carboxylic acids is 1. The summed E-state index contributed by atoms with van der Waals surface area (Å²) in [5, 5.41) is 0. The topological polar surface area (TPSA) is 39.7 Å². The Morgan fingerprint density at radius 1 is 1.12 bits per heavy atom. The van der Waals surface area contributed by atoms with Gasteiger partial charge >= 0.3 is 0 Å². The van der Waals surface area contributed by atoms with E-state index in [-0.39, 0.29) is 5.91 Å². The highest BCUT2D eigenvalue weighted by molar-refractivity contribution is 5.95. The fourth-order valence-corrected chi connectivity index (χ4v) is 3.49. The normalized spacial score (nSPS) is 18.0. The lowest BCUT2D eigenvalue weighted by Crippen LogP contribution is -2.44. The molecule has 1 aliphatic heterocycles. The van der Waals surface area contributed by atoms with Gasteiger partial charge in [0.05, 0.1) is 0 Å². The van der Waals surface area contributed by atoms with Gasteiger partial charge in [0.25, 0.3) is 5.91 Å². The largest absolute Gasteiger partial charge is 0.369 e. The van der Waals surface area contributed by atoms with Gasteiger partial charge in [-0.3, -0.25) is 9.78 Å². The lowest BCUT2D eigenvalue weighted by Gasteiger charge is -2.34. The minimum absolute atomic E-state index is 0.126. The van der Waals surface area contributed by atoms with Gasteiger partial charge in [-0.05, 0) is 55.8 Å². The zero-order valence-corrected chi connectivity index (χ0v) is 15.3. The molecule has 1 aromatic heterocycles. The molecule has 1 saturated heterocycles. The summed E-state index contributed by atoms with van der Waals surface area (Å²) in [6, 6.07) is 12.5. The van der Waals surface area contributed by atoms with Crippen molar-refractivity contribution < 1.29 is 4.79 Å². The van der Waals surface area contributed by atoms with Gasteiger partial charge in [-0.2, -0.15) is 0 Å². The summed E-state index contributed by atoms with van der Waals surface area (Å²) in [4.78, 5) is 24.0. The fourth-order valence-electron chi connectivity index (χ4n) is 3.49. The van der Waals surface area contributed by atoms with Gasteiger partial charge in [0.1, 0.15) is 0 Å². The maximum absolute atomic E-state index is 13.0. The van der Waals surface area contributed by atoms with Crippen LogP contribution in [0.3, 0.4) is 0 Å². The number of hydrogen-bond donors (Lipinski definition) is 0. The van der Waals surface area contributed by atoms with E-state index < -0.39 is 0 Å². The van der Waals surface area contributed by atoms with Gasteiger partial charge < -0.3 is 14.7 Å². The molecular weight excluding hydrogens is 324 g/mol. The van der Waals surface area contributed by atoms with E-state index in [1.165, 1.54) is 5.69 Å². The van der Waals surface area contributed by atoms with E-state index in [1.807, 2.05) is 35.4 Å². The molecule has 0 unspecified atom stereocenters. The molecule has 1 amide bonds. The van der Waals surface area contributed by atoms with Gasteiger partial charge in [-0.25, -0.2) is 0 Å². The Labute approximate surface area is 155 Å². The summed E-state index contributed by atoms with van der Waals surface area (Å²) in [6.07, 6.45) is 5.82. The molecule has 1 saturated carbocycles. The third-order valence-corrected chi connectivity index (χ3v) is 5.31. The summed E-state index contributed by atoms with van der Waals surface area (Å²) in [5.41, 5.74) is 3.07. The summed E-state index contributed by atoms with van der Waals surface area (Å²) in [7, 11) is 2.16. The van der Waals surface area contributed by atoms with Crippen LogP contribution in [0.15, 0.2) is 48.8 Å². The van der Waals surface area contributed by atoms with Crippen LogP contribution in [0, 0.1) is 0 Å². The zero-order chi connectivity index (χ0) is 17.9. The molecule has 5 heteroatoms. The molecule has 2 fully saturated rings. The molecule has 0 atom stereocenters. The summed E-state index contributed by atoms with van der Waals surface area (Å²) in [5.74, 6) is 0.126. The third-order valence-electron chi connectivity index (χ3n) is 5.31. The van der Waals surface area contributed by atoms with E-state index in [0.717, 1.165) is 50.1 Å². The lowest BCUT2D eigenvalue weighted by atomic mass is 10.1. The first-order valence-electron chi connectivity index (χ1n) is 9.44. The SMILES string of the molecule is CN1CCN(c2ccc(C(=O)N(Cc3cccnc3)C3CC3)cc2)CC1. The number of amides is 1. The van der Waals surface area contributed by atoms with Gasteiger partial charge in [0, 0.05) is 62.4 Å². The molecule has 2 aliphatic rings. The van der Waals surface area contributed by atoms with E-state index in [0.29, 0.717) is 12.6 Å². The number of carbonyl (C=O) groups is 1. The molecule has 1 aliphatic carbocycles. The Kier molecular flexibility index (Phi) is 4.89. The van der Waals surface area contributed by atoms with Crippen molar-refractivity contribution in [3.05, 3.63) is 59.9 Å². The number of piperazine rings is 1. The number of benzene rings is 1. The monoisotopic (exact) mass is 350 g/mol. The highest BCUT2D eigenvalue weighted by Gasteiger charge is 2.33. The summed E-state index contributed by atoms with van der Waals surface area (Å²) >= 11 is 0. The maximum atomic E-state index is 13.0. The van der Waals surface area contributed by atoms with E-state index in [2.05, 4.69) is 34.0 Å². The van der Waals surface area contributed by atoms with Crippen molar-refractivity contribution in [2.45, 2.75) is 25.4 Å². The molecule has 0 spiro atoms. The van der Waals surface area contributed by atoms with Gasteiger partial charge in [0.15, 0.2) is 0 Å². The Morgan fingerprint density at radius 3 is 2.46 bits per heavy atom. The molecule has 26 heavy (non-hydrogen) atoms. The Bertz CT molecular complexity index is 734. The van der Waals surface area contributed by atoms with Gasteiger partial charge in [-0.1, -0.05) is 6.07 Å². The molecule has 0 radical (unpaired) electrons. The van der Waals surface area contributed by atoms with Gasteiger partial charge in [-0.15, -0.1) is 0 Å². The van der Waals surface area contributed by atoms with Crippen molar-refractivity contribution in [2.24, 2.45) is 0 Å². The molecule has 0 bridgehead atoms. The van der Waals surface area contributed by atoms with Crippen LogP contribution in [0.4, 0.5) is 5.69 Å². The average Bonchev–Trinajstić information content (AvgIpc) is 3.52. The van der Waals surface area contributed by atoms with Crippen molar-refractivity contribution in [1.82, 2.24) is 14.8 Å². The number of aromatic nitrogens is 1. The van der Waals surface area contributed by atoms with Crippen molar-refractivity contribution >= 4 is 11.6 Å². The smallest absolute Gasteiger partial charge is 0.254 e. The zero-order valence-electron chi connectivity index (χ0n) is 15.3. The summed E-state index contributed by atoms with van der Waals surface area (Å²) in [6.45, 7) is 4.89. The molecule has 5 nitrogen and oxygen atoms in total. The number of likely N-dealkylation sites (N-methyl/N-ethyl adjacent to an activating group) is 1. The minimum atomic E-state index is 0.126. The molecule has 136 valence electrons. The van der Waals surface area contributed by atoms with Crippen LogP contribution < -0.4 is 4.90 Å². The van der Waals surface area contributed by atoms with Crippen LogP contribution in [0.5, 0.6) is 0 Å². The summed E-state index contributed by atoms with van der Waals surface area (Å²) < 4.78 is 0. The first-order chi connectivity index (χ1) is 12.7. The van der Waals surface area contributed by atoms with Gasteiger partial charge in [0.2, 0.25) is 0 Å². The van der Waals surface area contributed by atoms with E-state index >= 15 is 0 Å². The first-order valence-corrected chi connectivity index (χ1v) is 9.44. The number of anilines is 1. The average molecular weight is 350 g/mol. The molecule has 2 heterocycles. The molecular formula is C21H26N4O. The van der Waals surface area contributed by atoms with Crippen LogP contribution >= 0.6 is 0 Å². The van der Waals surface area contributed by atoms with Crippen LogP contribution in [0.1, 0.15) is 28.8 Å². The maximum Gasteiger partial charge on any atom is 0.254 e. The van der Waals surface area contributed by atoms with Crippen LogP contribution in [-0.4, -0.2) is 60.0 Å². The predicted molar refractivity (Wildman–Crippen MR) is 103 cm³/mol. The van der Waals surface area contributed by atoms with Crippen LogP contribution in [0.2, 0.25) is 0 Å². The number of hydrogen-bond acceptors (Lipinski definition) is 4. The first kappa shape index (κ1) is 17.0. The van der Waals surface area contributed by atoms with Crippen molar-refractivity contribution in [3.63, 3.8) is 0 Å². The highest BCUT2D eigenvalue weighted by atomic mass is 16.2. The quantitative estimate of drug-likeness (QED) is 0.831. The standard InChI is InChI=1S/C21H26N4O/c1-23-11-13-24(14-12-23)19-6-4-18(5-7-19)21(26)25(20-8-9-20)16-17-3-2-10-22-15-17/h2-7,10,15,20H,8-9,11-14,16H2,1H3. The van der Waals surface area contributed by atoms with Crippen molar-refractivity contribution in [2.75, 3.05) is 38.1 Å². The molecule has 1 aromatic carbocycles. The van der Waals surface area contributed by atoms with Crippen LogP contribution in [0.25, 0.3) is 0 Å². The molecule has 4 rings (SSSR count). The fraction of sp³-hybridized carbons (Fsp3) is 0.429. The number of rotatable bonds is 5. The van der Waals surface area contributed by atoms with E-state index in [4.69, 9.17) is 0 Å². The second-order valence-electron chi connectivity index (χ2n) is 7.36. The minimum Gasteiger partial charge on any atom is -0.369 e. The Morgan fingerprint density at radius 2 is 1.85 bits per heavy atom. The molecule has 2 aromatic rings. The second-order valence-corrected chi connectivity index (χ2v) is 7.36. The number of nitrogens with zero attached hydrogens (tertiary/aromatic N) is 4. The Balaban J connectivity index is 1.46. The van der Waals surface area contributed by atoms with Crippen molar-refractivity contribution in [3.8, 4) is 0 Å². The highest BCUT2D eigenvalue weighted by Crippen LogP contribution is 2.30. The Hall–Kier alpha value is -2.40. The second kappa shape index (κ2) is 7.46. The molecule has 0 N–H and O–H groups in total. The number of pyridine rings is 1. The van der Waals surface area contributed by atoms with Crippen molar-refractivity contribution in [1.29, 1.82) is 0 Å². The van der Waals surface area contributed by atoms with E-state index in [1.54, 1.807) is 6.20 Å².